The van der Waals surface area contributed by atoms with Crippen molar-refractivity contribution in [1.82, 2.24) is 0 Å². The zero-order chi connectivity index (χ0) is 16.6. The summed E-state index contributed by atoms with van der Waals surface area (Å²) in [5.74, 6) is 1.13. The fourth-order valence-corrected chi connectivity index (χ4v) is 6.68. The third-order valence-electron chi connectivity index (χ3n) is 8.18. The van der Waals surface area contributed by atoms with Crippen LogP contribution in [-0.4, -0.2) is 39.8 Å². The van der Waals surface area contributed by atoms with Gasteiger partial charge in [-0.3, -0.25) is 0 Å². The molecular weight excluding hydrogens is 295 g/mol. The van der Waals surface area contributed by atoms with Crippen LogP contribution in [0.4, 0.5) is 4.39 Å². The minimum absolute atomic E-state index is 0.0167. The van der Waals surface area contributed by atoms with Crippen LogP contribution in [0.2, 0.25) is 0 Å². The second-order valence-electron chi connectivity index (χ2n) is 8.91. The number of halogens is 1. The summed E-state index contributed by atoms with van der Waals surface area (Å²) >= 11 is 0. The summed E-state index contributed by atoms with van der Waals surface area (Å²) in [6.45, 7) is 4.22. The molecule has 4 heteroatoms. The van der Waals surface area contributed by atoms with Gasteiger partial charge in [0.1, 0.15) is 6.17 Å². The number of fused-ring (bicyclic) bond motifs is 5. The molecule has 0 aromatic heterocycles. The quantitative estimate of drug-likeness (QED) is 0.600. The van der Waals surface area contributed by atoms with E-state index in [-0.39, 0.29) is 23.9 Å². The lowest BCUT2D eigenvalue weighted by molar-refractivity contribution is -0.125. The van der Waals surface area contributed by atoms with E-state index in [0.29, 0.717) is 17.4 Å². The van der Waals surface area contributed by atoms with Crippen LogP contribution in [0.3, 0.4) is 0 Å². The van der Waals surface area contributed by atoms with Crippen molar-refractivity contribution in [2.75, 3.05) is 0 Å². The summed E-state index contributed by atoms with van der Waals surface area (Å²) in [4.78, 5) is 0. The molecule has 4 rings (SSSR count). The second-order valence-corrected chi connectivity index (χ2v) is 8.91. The van der Waals surface area contributed by atoms with Crippen LogP contribution in [0.25, 0.3) is 0 Å². The number of allylic oxidation sites excluding steroid dienone is 1. The lowest BCUT2D eigenvalue weighted by Crippen LogP contribution is -2.58. The smallest absolute Gasteiger partial charge is 0.148 e. The molecule has 3 saturated carbocycles. The van der Waals surface area contributed by atoms with E-state index >= 15 is 0 Å². The molecule has 130 valence electrons. The van der Waals surface area contributed by atoms with Crippen LogP contribution in [0.1, 0.15) is 52.4 Å². The molecule has 0 aliphatic heterocycles. The Morgan fingerprint density at radius 1 is 1.04 bits per heavy atom. The molecule has 0 amide bonds. The summed E-state index contributed by atoms with van der Waals surface area (Å²) in [6, 6.07) is 0. The first-order valence-electron chi connectivity index (χ1n) is 9.19. The number of alkyl halides is 1. The highest BCUT2D eigenvalue weighted by molar-refractivity contribution is 5.31. The molecule has 0 bridgehead atoms. The Hall–Kier alpha value is -0.450. The molecule has 0 heterocycles. The molecule has 0 radical (unpaired) electrons. The Bertz CT molecular complexity index is 535. The van der Waals surface area contributed by atoms with Crippen molar-refractivity contribution < 1.29 is 19.7 Å². The standard InChI is InChI=1S/C19H29FO3/c1-18-8-7-12-10(11(18)5-6-15(18)22)3-4-13-17(20)14(21)9-16(23)19(12,13)2/h4,10-12,14-17,21-23H,3,5-9H2,1-2H3/t10-,11-,12-,14-,15-,16-,17-,18-,19+/m0/s1. The largest absolute Gasteiger partial charge is 0.393 e. The molecule has 3 fully saturated rings. The van der Waals surface area contributed by atoms with Crippen molar-refractivity contribution in [2.45, 2.75) is 76.9 Å². The van der Waals surface area contributed by atoms with Crippen molar-refractivity contribution in [3.05, 3.63) is 11.6 Å². The normalized spacial score (nSPS) is 58.9. The molecule has 0 unspecified atom stereocenters. The van der Waals surface area contributed by atoms with Gasteiger partial charge < -0.3 is 15.3 Å². The summed E-state index contributed by atoms with van der Waals surface area (Å²) in [7, 11) is 0. The van der Waals surface area contributed by atoms with Gasteiger partial charge in [0.15, 0.2) is 0 Å². The molecule has 0 aromatic carbocycles. The molecule has 3 nitrogen and oxygen atoms in total. The number of rotatable bonds is 0. The molecule has 4 aliphatic rings. The minimum Gasteiger partial charge on any atom is -0.393 e. The van der Waals surface area contributed by atoms with Crippen LogP contribution in [0.5, 0.6) is 0 Å². The molecule has 4 aliphatic carbocycles. The number of aliphatic hydroxyl groups is 3. The van der Waals surface area contributed by atoms with E-state index < -0.39 is 23.8 Å². The second kappa shape index (κ2) is 5.03. The predicted molar refractivity (Wildman–Crippen MR) is 85.4 cm³/mol. The zero-order valence-corrected chi connectivity index (χ0v) is 14.1. The topological polar surface area (TPSA) is 60.7 Å². The van der Waals surface area contributed by atoms with Gasteiger partial charge in [-0.25, -0.2) is 4.39 Å². The van der Waals surface area contributed by atoms with E-state index in [2.05, 4.69) is 6.92 Å². The Morgan fingerprint density at radius 2 is 1.78 bits per heavy atom. The molecular formula is C19H29FO3. The van der Waals surface area contributed by atoms with E-state index in [1.54, 1.807) is 0 Å². The maximum atomic E-state index is 14.6. The highest BCUT2D eigenvalue weighted by Gasteiger charge is 2.62. The number of aliphatic hydroxyl groups excluding tert-OH is 3. The fourth-order valence-electron chi connectivity index (χ4n) is 6.68. The Morgan fingerprint density at radius 3 is 2.52 bits per heavy atom. The monoisotopic (exact) mass is 324 g/mol. The van der Waals surface area contributed by atoms with E-state index in [1.165, 1.54) is 0 Å². The van der Waals surface area contributed by atoms with Crippen LogP contribution >= 0.6 is 0 Å². The van der Waals surface area contributed by atoms with Crippen molar-refractivity contribution in [1.29, 1.82) is 0 Å². The van der Waals surface area contributed by atoms with E-state index in [1.807, 2.05) is 13.0 Å². The van der Waals surface area contributed by atoms with Gasteiger partial charge >= 0.3 is 0 Å². The van der Waals surface area contributed by atoms with Gasteiger partial charge in [-0.2, -0.15) is 0 Å². The number of hydrogen-bond donors (Lipinski definition) is 3. The minimum atomic E-state index is -1.34. The molecule has 23 heavy (non-hydrogen) atoms. The average molecular weight is 324 g/mol. The lowest BCUT2D eigenvalue weighted by Gasteiger charge is -2.59. The Labute approximate surface area is 137 Å². The lowest BCUT2D eigenvalue weighted by atomic mass is 9.47. The van der Waals surface area contributed by atoms with Gasteiger partial charge in [-0.15, -0.1) is 0 Å². The maximum absolute atomic E-state index is 14.6. The Balaban J connectivity index is 1.73. The highest BCUT2D eigenvalue weighted by Crippen LogP contribution is 2.64. The van der Waals surface area contributed by atoms with Crippen LogP contribution in [-0.2, 0) is 0 Å². The predicted octanol–water partition coefficient (Wildman–Crippen LogP) is 2.59. The average Bonchev–Trinajstić information content (AvgIpc) is 2.81. The van der Waals surface area contributed by atoms with Gasteiger partial charge in [0, 0.05) is 11.8 Å². The van der Waals surface area contributed by atoms with E-state index in [4.69, 9.17) is 0 Å². The van der Waals surface area contributed by atoms with Crippen molar-refractivity contribution in [2.24, 2.45) is 28.6 Å². The van der Waals surface area contributed by atoms with Gasteiger partial charge in [0.05, 0.1) is 18.3 Å². The maximum Gasteiger partial charge on any atom is 0.148 e. The van der Waals surface area contributed by atoms with E-state index in [0.717, 1.165) is 32.1 Å². The van der Waals surface area contributed by atoms with Crippen LogP contribution in [0, 0.1) is 28.6 Å². The Kier molecular flexibility index (Phi) is 3.51. The zero-order valence-electron chi connectivity index (χ0n) is 14.1. The van der Waals surface area contributed by atoms with Gasteiger partial charge in [0.2, 0.25) is 0 Å². The van der Waals surface area contributed by atoms with Gasteiger partial charge in [-0.1, -0.05) is 19.9 Å². The summed E-state index contributed by atoms with van der Waals surface area (Å²) in [6.07, 6.45) is 3.38. The van der Waals surface area contributed by atoms with Gasteiger partial charge in [-0.05, 0) is 60.8 Å². The first-order valence-corrected chi connectivity index (χ1v) is 9.19. The van der Waals surface area contributed by atoms with Gasteiger partial charge in [0.25, 0.3) is 0 Å². The molecule has 0 aromatic rings. The van der Waals surface area contributed by atoms with Crippen molar-refractivity contribution >= 4 is 0 Å². The third-order valence-corrected chi connectivity index (χ3v) is 8.18. The fraction of sp³-hybridized carbons (Fsp3) is 0.895. The van der Waals surface area contributed by atoms with Crippen LogP contribution in [0.15, 0.2) is 11.6 Å². The SMILES string of the molecule is C[C@]12CC[C@H]3[C@@H](CC=C4[C@H](F)[C@@H](O)C[C@H](O)[C@@]43C)[C@@H]1CC[C@@H]2O. The molecule has 0 saturated heterocycles. The molecule has 0 spiro atoms. The first kappa shape index (κ1) is 16.0. The summed E-state index contributed by atoms with van der Waals surface area (Å²) < 4.78 is 14.6. The van der Waals surface area contributed by atoms with Crippen LogP contribution < -0.4 is 0 Å². The number of hydrogen-bond acceptors (Lipinski definition) is 3. The van der Waals surface area contributed by atoms with Crippen molar-refractivity contribution in [3.63, 3.8) is 0 Å². The van der Waals surface area contributed by atoms with Crippen molar-refractivity contribution in [3.8, 4) is 0 Å². The molecule has 3 N–H and O–H groups in total. The summed E-state index contributed by atoms with van der Waals surface area (Å²) in [5.41, 5.74) is 0.0558. The highest BCUT2D eigenvalue weighted by atomic mass is 19.1. The first-order chi connectivity index (χ1) is 10.8. The third kappa shape index (κ3) is 1.92. The summed E-state index contributed by atoms with van der Waals surface area (Å²) in [5, 5.41) is 31.1. The van der Waals surface area contributed by atoms with E-state index in [9.17, 15) is 19.7 Å². The molecule has 9 atom stereocenters.